The predicted octanol–water partition coefficient (Wildman–Crippen LogP) is 3.47. The van der Waals surface area contributed by atoms with Crippen molar-refractivity contribution in [2.24, 2.45) is 5.73 Å². The van der Waals surface area contributed by atoms with Crippen LogP contribution in [0.4, 0.5) is 0 Å². The first-order chi connectivity index (χ1) is 8.58. The number of rotatable bonds is 3. The van der Waals surface area contributed by atoms with Gasteiger partial charge in [-0.2, -0.15) is 0 Å². The van der Waals surface area contributed by atoms with Crippen molar-refractivity contribution in [3.8, 4) is 11.5 Å². The molecular formula is C13H11ClN2OS. The van der Waals surface area contributed by atoms with Gasteiger partial charge in [0.25, 0.3) is 0 Å². The van der Waals surface area contributed by atoms with Gasteiger partial charge in [0.2, 0.25) is 0 Å². The van der Waals surface area contributed by atoms with Gasteiger partial charge in [-0.15, -0.1) is 0 Å². The van der Waals surface area contributed by atoms with Gasteiger partial charge in [0.15, 0.2) is 5.75 Å². The molecule has 0 saturated carbocycles. The zero-order valence-corrected chi connectivity index (χ0v) is 11.3. The Morgan fingerprint density at radius 2 is 2.11 bits per heavy atom. The van der Waals surface area contributed by atoms with Crippen molar-refractivity contribution >= 4 is 28.8 Å². The monoisotopic (exact) mass is 278 g/mol. The fourth-order valence-electron chi connectivity index (χ4n) is 1.47. The van der Waals surface area contributed by atoms with Crippen LogP contribution in [0.15, 0.2) is 36.5 Å². The molecule has 0 aliphatic carbocycles. The highest BCUT2D eigenvalue weighted by Gasteiger charge is 2.10. The van der Waals surface area contributed by atoms with Crippen molar-refractivity contribution in [3.63, 3.8) is 0 Å². The van der Waals surface area contributed by atoms with E-state index in [4.69, 9.17) is 34.3 Å². The summed E-state index contributed by atoms with van der Waals surface area (Å²) in [6.07, 6.45) is 1.61. The number of halogens is 1. The first kappa shape index (κ1) is 12.8. The molecule has 5 heteroatoms. The predicted molar refractivity (Wildman–Crippen MR) is 76.4 cm³/mol. The SMILES string of the molecule is Cc1ccc(Cl)c(Oc2cccnc2C(N)=S)c1. The van der Waals surface area contributed by atoms with Crippen molar-refractivity contribution in [1.82, 2.24) is 4.98 Å². The summed E-state index contributed by atoms with van der Waals surface area (Å²) >= 11 is 11.0. The van der Waals surface area contributed by atoms with Crippen LogP contribution in [0.25, 0.3) is 0 Å². The van der Waals surface area contributed by atoms with Gasteiger partial charge in [-0.1, -0.05) is 29.9 Å². The minimum atomic E-state index is 0.189. The van der Waals surface area contributed by atoms with Crippen molar-refractivity contribution in [2.75, 3.05) is 0 Å². The molecular weight excluding hydrogens is 268 g/mol. The van der Waals surface area contributed by atoms with E-state index in [0.717, 1.165) is 5.56 Å². The minimum absolute atomic E-state index is 0.189. The second-order valence-electron chi connectivity index (χ2n) is 3.75. The lowest BCUT2D eigenvalue weighted by Crippen LogP contribution is -2.12. The van der Waals surface area contributed by atoms with Gasteiger partial charge < -0.3 is 10.5 Å². The van der Waals surface area contributed by atoms with Gasteiger partial charge in [-0.3, -0.25) is 0 Å². The zero-order valence-electron chi connectivity index (χ0n) is 9.68. The number of nitrogens with zero attached hydrogens (tertiary/aromatic N) is 1. The molecule has 2 rings (SSSR count). The Labute approximate surface area is 116 Å². The van der Waals surface area contributed by atoms with Gasteiger partial charge in [0.1, 0.15) is 16.4 Å². The van der Waals surface area contributed by atoms with Crippen LogP contribution in [-0.4, -0.2) is 9.97 Å². The molecule has 0 unspecified atom stereocenters. The molecule has 92 valence electrons. The number of thiocarbonyl (C=S) groups is 1. The van der Waals surface area contributed by atoms with E-state index in [9.17, 15) is 0 Å². The Bertz CT molecular complexity index is 601. The van der Waals surface area contributed by atoms with E-state index in [2.05, 4.69) is 4.98 Å². The highest BCUT2D eigenvalue weighted by atomic mass is 35.5. The molecule has 3 nitrogen and oxygen atoms in total. The maximum absolute atomic E-state index is 6.07. The molecule has 0 bridgehead atoms. The molecule has 1 heterocycles. The van der Waals surface area contributed by atoms with Gasteiger partial charge in [-0.05, 0) is 36.8 Å². The maximum Gasteiger partial charge on any atom is 0.156 e. The van der Waals surface area contributed by atoms with E-state index in [0.29, 0.717) is 22.2 Å². The van der Waals surface area contributed by atoms with Crippen LogP contribution in [0, 0.1) is 6.92 Å². The maximum atomic E-state index is 6.07. The molecule has 0 aliphatic rings. The van der Waals surface area contributed by atoms with Crippen molar-refractivity contribution in [2.45, 2.75) is 6.92 Å². The highest BCUT2D eigenvalue weighted by Crippen LogP contribution is 2.31. The topological polar surface area (TPSA) is 48.1 Å². The van der Waals surface area contributed by atoms with E-state index in [1.807, 2.05) is 19.1 Å². The first-order valence-corrected chi connectivity index (χ1v) is 6.05. The van der Waals surface area contributed by atoms with Crippen molar-refractivity contribution in [3.05, 3.63) is 52.8 Å². The van der Waals surface area contributed by atoms with Crippen molar-refractivity contribution < 1.29 is 4.74 Å². The van der Waals surface area contributed by atoms with Crippen LogP contribution in [0.1, 0.15) is 11.3 Å². The van der Waals surface area contributed by atoms with Gasteiger partial charge >= 0.3 is 0 Å². The second kappa shape index (κ2) is 5.33. The molecule has 0 amide bonds. The van der Waals surface area contributed by atoms with E-state index in [-0.39, 0.29) is 4.99 Å². The zero-order chi connectivity index (χ0) is 13.1. The Balaban J connectivity index is 2.40. The van der Waals surface area contributed by atoms with E-state index in [1.54, 1.807) is 24.4 Å². The molecule has 1 aromatic heterocycles. The highest BCUT2D eigenvalue weighted by molar-refractivity contribution is 7.80. The largest absolute Gasteiger partial charge is 0.453 e. The average Bonchev–Trinajstić information content (AvgIpc) is 2.34. The molecule has 2 N–H and O–H groups in total. The molecule has 0 saturated heterocycles. The number of aryl methyl sites for hydroxylation is 1. The number of aromatic nitrogens is 1. The Morgan fingerprint density at radius 3 is 2.83 bits per heavy atom. The molecule has 2 aromatic rings. The van der Waals surface area contributed by atoms with Crippen LogP contribution in [-0.2, 0) is 0 Å². The molecule has 0 atom stereocenters. The fraction of sp³-hybridized carbons (Fsp3) is 0.0769. The third kappa shape index (κ3) is 2.78. The average molecular weight is 279 g/mol. The fourth-order valence-corrected chi connectivity index (χ4v) is 1.77. The summed E-state index contributed by atoms with van der Waals surface area (Å²) in [7, 11) is 0. The van der Waals surface area contributed by atoms with E-state index < -0.39 is 0 Å². The molecule has 0 fully saturated rings. The quantitative estimate of drug-likeness (QED) is 0.874. The first-order valence-electron chi connectivity index (χ1n) is 5.27. The summed E-state index contributed by atoms with van der Waals surface area (Å²) in [5.41, 5.74) is 7.09. The Kier molecular flexibility index (Phi) is 3.79. The summed E-state index contributed by atoms with van der Waals surface area (Å²) in [6.45, 7) is 1.96. The lowest BCUT2D eigenvalue weighted by molar-refractivity contribution is 0.479. The lowest BCUT2D eigenvalue weighted by Gasteiger charge is -2.11. The summed E-state index contributed by atoms with van der Waals surface area (Å²) in [5.74, 6) is 1.06. The number of pyridine rings is 1. The summed E-state index contributed by atoms with van der Waals surface area (Å²) < 4.78 is 5.72. The van der Waals surface area contributed by atoms with Gasteiger partial charge in [-0.25, -0.2) is 4.98 Å². The van der Waals surface area contributed by atoms with Crippen LogP contribution in [0.2, 0.25) is 5.02 Å². The third-order valence-corrected chi connectivity index (χ3v) is 2.82. The normalized spacial score (nSPS) is 10.1. The number of hydrogen-bond acceptors (Lipinski definition) is 3. The van der Waals surface area contributed by atoms with E-state index in [1.165, 1.54) is 0 Å². The second-order valence-corrected chi connectivity index (χ2v) is 4.60. The van der Waals surface area contributed by atoms with Gasteiger partial charge in [0.05, 0.1) is 5.02 Å². The number of hydrogen-bond donors (Lipinski definition) is 1. The number of ether oxygens (including phenoxy) is 1. The minimum Gasteiger partial charge on any atom is -0.453 e. The Hall–Kier alpha value is -1.65. The number of benzene rings is 1. The molecule has 18 heavy (non-hydrogen) atoms. The molecule has 0 radical (unpaired) electrons. The summed E-state index contributed by atoms with van der Waals surface area (Å²) in [5, 5.41) is 0.526. The smallest absolute Gasteiger partial charge is 0.156 e. The van der Waals surface area contributed by atoms with Crippen LogP contribution >= 0.6 is 23.8 Å². The lowest BCUT2D eigenvalue weighted by atomic mass is 10.2. The van der Waals surface area contributed by atoms with Crippen LogP contribution in [0.3, 0.4) is 0 Å². The molecule has 1 aromatic carbocycles. The summed E-state index contributed by atoms with van der Waals surface area (Å²) in [4.78, 5) is 4.28. The molecule has 0 spiro atoms. The Morgan fingerprint density at radius 1 is 1.33 bits per heavy atom. The van der Waals surface area contributed by atoms with Crippen molar-refractivity contribution in [1.29, 1.82) is 0 Å². The standard InChI is InChI=1S/C13H11ClN2OS/c1-8-4-5-9(14)11(7-8)17-10-3-2-6-16-12(10)13(15)18/h2-7H,1H3,(H2,15,18). The molecule has 0 aliphatic heterocycles. The van der Waals surface area contributed by atoms with Gasteiger partial charge in [0, 0.05) is 6.20 Å². The number of nitrogens with two attached hydrogens (primary N) is 1. The third-order valence-electron chi connectivity index (χ3n) is 2.31. The van der Waals surface area contributed by atoms with E-state index >= 15 is 0 Å². The van der Waals surface area contributed by atoms with Crippen LogP contribution in [0.5, 0.6) is 11.5 Å². The summed E-state index contributed by atoms with van der Waals surface area (Å²) in [6, 6.07) is 9.04. The van der Waals surface area contributed by atoms with Crippen LogP contribution < -0.4 is 10.5 Å².